The molecule has 116 valence electrons. The number of hydrogen-bond acceptors (Lipinski definition) is 2. The highest BCUT2D eigenvalue weighted by Gasteiger charge is 2.14. The predicted molar refractivity (Wildman–Crippen MR) is 84.5 cm³/mol. The maximum atomic E-state index is 11.7. The van der Waals surface area contributed by atoms with E-state index in [1.54, 1.807) is 6.92 Å². The van der Waals surface area contributed by atoms with Crippen molar-refractivity contribution in [3.8, 4) is 0 Å². The van der Waals surface area contributed by atoms with Crippen LogP contribution in [0.15, 0.2) is 24.3 Å². The number of amides is 3. The number of urea groups is 1. The summed E-state index contributed by atoms with van der Waals surface area (Å²) in [6.45, 7) is 4.72. The molecule has 6 heteroatoms. The van der Waals surface area contributed by atoms with E-state index in [-0.39, 0.29) is 11.9 Å². The summed E-state index contributed by atoms with van der Waals surface area (Å²) in [7, 11) is 0. The maximum Gasteiger partial charge on any atom is 0.315 e. The zero-order valence-electron chi connectivity index (χ0n) is 12.4. The Morgan fingerprint density at radius 2 is 2.00 bits per heavy atom. The van der Waals surface area contributed by atoms with Crippen LogP contribution in [0.1, 0.15) is 25.8 Å². The van der Waals surface area contributed by atoms with Crippen LogP contribution in [0.25, 0.3) is 0 Å². The molecule has 0 fully saturated rings. The second kappa shape index (κ2) is 9.23. The van der Waals surface area contributed by atoms with Gasteiger partial charge >= 0.3 is 6.03 Å². The van der Waals surface area contributed by atoms with Crippen molar-refractivity contribution in [2.75, 3.05) is 13.1 Å². The first-order chi connectivity index (χ1) is 10.0. The molecule has 0 spiro atoms. The van der Waals surface area contributed by atoms with E-state index in [0.29, 0.717) is 24.5 Å². The summed E-state index contributed by atoms with van der Waals surface area (Å²) in [5, 5.41) is 8.73. The number of halogens is 1. The molecule has 0 saturated carbocycles. The number of hydrogen-bond donors (Lipinski definition) is 3. The molecular formula is C15H22ClN3O2. The third-order valence-corrected chi connectivity index (χ3v) is 3.11. The summed E-state index contributed by atoms with van der Waals surface area (Å²) in [6.07, 6.45) is 1.55. The highest BCUT2D eigenvalue weighted by molar-refractivity contribution is 6.30. The van der Waals surface area contributed by atoms with Gasteiger partial charge in [0.2, 0.25) is 5.91 Å². The van der Waals surface area contributed by atoms with Gasteiger partial charge in [-0.15, -0.1) is 0 Å². The molecule has 3 N–H and O–H groups in total. The van der Waals surface area contributed by atoms with Crippen molar-refractivity contribution in [2.24, 2.45) is 0 Å². The zero-order valence-corrected chi connectivity index (χ0v) is 13.2. The van der Waals surface area contributed by atoms with Crippen LogP contribution >= 0.6 is 11.6 Å². The third kappa shape index (κ3) is 6.99. The van der Waals surface area contributed by atoms with E-state index < -0.39 is 6.04 Å². The zero-order chi connectivity index (χ0) is 15.7. The minimum atomic E-state index is -0.553. The minimum Gasteiger partial charge on any atom is -0.354 e. The van der Waals surface area contributed by atoms with Crippen LogP contribution in [0.4, 0.5) is 4.79 Å². The lowest BCUT2D eigenvalue weighted by Crippen LogP contribution is -2.48. The van der Waals surface area contributed by atoms with Crippen LogP contribution in [0.5, 0.6) is 0 Å². The van der Waals surface area contributed by atoms with Crippen LogP contribution in [-0.2, 0) is 11.2 Å². The third-order valence-electron chi connectivity index (χ3n) is 2.88. The van der Waals surface area contributed by atoms with Crippen LogP contribution in [-0.4, -0.2) is 31.1 Å². The summed E-state index contributed by atoms with van der Waals surface area (Å²) in [4.78, 5) is 23.3. The Bertz CT molecular complexity index is 480. The molecule has 0 saturated heterocycles. The van der Waals surface area contributed by atoms with Crippen molar-refractivity contribution in [1.29, 1.82) is 0 Å². The number of carbonyl (C=O) groups excluding carboxylic acids is 2. The molecular weight excluding hydrogens is 290 g/mol. The van der Waals surface area contributed by atoms with Crippen molar-refractivity contribution >= 4 is 23.5 Å². The summed E-state index contributed by atoms with van der Waals surface area (Å²) < 4.78 is 0. The smallest absolute Gasteiger partial charge is 0.315 e. The lowest BCUT2D eigenvalue weighted by atomic mass is 10.1. The van der Waals surface area contributed by atoms with Crippen molar-refractivity contribution < 1.29 is 9.59 Å². The fourth-order valence-electron chi connectivity index (χ4n) is 1.73. The highest BCUT2D eigenvalue weighted by atomic mass is 35.5. The molecule has 0 unspecified atom stereocenters. The first-order valence-corrected chi connectivity index (χ1v) is 7.47. The Labute approximate surface area is 130 Å². The van der Waals surface area contributed by atoms with Gasteiger partial charge in [-0.1, -0.05) is 30.7 Å². The molecule has 5 nitrogen and oxygen atoms in total. The molecule has 1 aromatic carbocycles. The Hall–Kier alpha value is -1.75. The number of rotatable bonds is 7. The van der Waals surface area contributed by atoms with Crippen molar-refractivity contribution in [3.63, 3.8) is 0 Å². The molecule has 3 amide bonds. The molecule has 0 aliphatic rings. The van der Waals surface area contributed by atoms with Gasteiger partial charge < -0.3 is 16.0 Å². The Balaban J connectivity index is 2.26. The predicted octanol–water partition coefficient (Wildman–Crippen LogP) is 2.10. The Morgan fingerprint density at radius 1 is 1.24 bits per heavy atom. The molecule has 1 aromatic rings. The molecule has 0 bridgehead atoms. The molecule has 0 radical (unpaired) electrons. The van der Waals surface area contributed by atoms with E-state index in [9.17, 15) is 9.59 Å². The van der Waals surface area contributed by atoms with Crippen molar-refractivity contribution in [1.82, 2.24) is 16.0 Å². The van der Waals surface area contributed by atoms with Crippen LogP contribution in [0.2, 0.25) is 5.02 Å². The molecule has 1 rings (SSSR count). The summed E-state index contributed by atoms with van der Waals surface area (Å²) in [6, 6.07) is 6.59. The Kier molecular flexibility index (Phi) is 7.61. The average molecular weight is 312 g/mol. The van der Waals surface area contributed by atoms with Gasteiger partial charge in [0.1, 0.15) is 6.04 Å². The van der Waals surface area contributed by atoms with E-state index >= 15 is 0 Å². The molecule has 1 atom stereocenters. The van der Waals surface area contributed by atoms with Gasteiger partial charge in [0.15, 0.2) is 0 Å². The second-order valence-corrected chi connectivity index (χ2v) is 5.23. The summed E-state index contributed by atoms with van der Waals surface area (Å²) in [5.74, 6) is -0.179. The molecule has 0 aromatic heterocycles. The number of benzene rings is 1. The van der Waals surface area contributed by atoms with E-state index in [2.05, 4.69) is 16.0 Å². The van der Waals surface area contributed by atoms with Gasteiger partial charge in [-0.2, -0.15) is 0 Å². The monoisotopic (exact) mass is 311 g/mol. The van der Waals surface area contributed by atoms with E-state index in [1.807, 2.05) is 31.2 Å². The van der Waals surface area contributed by atoms with Gasteiger partial charge in [0.05, 0.1) is 0 Å². The largest absolute Gasteiger partial charge is 0.354 e. The number of carbonyl (C=O) groups is 2. The highest BCUT2D eigenvalue weighted by Crippen LogP contribution is 2.10. The molecule has 0 aliphatic heterocycles. The first kappa shape index (κ1) is 17.3. The maximum absolute atomic E-state index is 11.7. The van der Waals surface area contributed by atoms with Crippen LogP contribution < -0.4 is 16.0 Å². The molecule has 0 heterocycles. The number of nitrogens with one attached hydrogen (secondary N) is 3. The minimum absolute atomic E-state index is 0.179. The summed E-state index contributed by atoms with van der Waals surface area (Å²) in [5.41, 5.74) is 1.05. The van der Waals surface area contributed by atoms with E-state index in [0.717, 1.165) is 12.0 Å². The van der Waals surface area contributed by atoms with Crippen LogP contribution in [0.3, 0.4) is 0 Å². The van der Waals surface area contributed by atoms with Crippen molar-refractivity contribution in [2.45, 2.75) is 32.7 Å². The lowest BCUT2D eigenvalue weighted by molar-refractivity contribution is -0.122. The van der Waals surface area contributed by atoms with Crippen molar-refractivity contribution in [3.05, 3.63) is 34.9 Å². The quantitative estimate of drug-likeness (QED) is 0.721. The van der Waals surface area contributed by atoms with E-state index in [1.165, 1.54) is 0 Å². The molecule has 21 heavy (non-hydrogen) atoms. The second-order valence-electron chi connectivity index (χ2n) is 4.79. The standard InChI is InChI=1S/C15H22ClN3O2/c1-3-8-17-14(20)11(2)19-15(21)18-9-7-12-5-4-6-13(16)10-12/h4-6,10-11H,3,7-9H2,1-2H3,(H,17,20)(H2,18,19,21)/t11-/m0/s1. The topological polar surface area (TPSA) is 70.2 Å². The van der Waals surface area contributed by atoms with Gasteiger partial charge in [-0.3, -0.25) is 4.79 Å². The van der Waals surface area contributed by atoms with E-state index in [4.69, 9.17) is 11.6 Å². The first-order valence-electron chi connectivity index (χ1n) is 7.09. The fraction of sp³-hybridized carbons (Fsp3) is 0.467. The lowest BCUT2D eigenvalue weighted by Gasteiger charge is -2.14. The SMILES string of the molecule is CCCNC(=O)[C@H](C)NC(=O)NCCc1cccc(Cl)c1. The normalized spacial score (nSPS) is 11.6. The van der Waals surface area contributed by atoms with Crippen LogP contribution in [0, 0.1) is 0 Å². The summed E-state index contributed by atoms with van der Waals surface area (Å²) >= 11 is 5.89. The fourth-order valence-corrected chi connectivity index (χ4v) is 1.94. The van der Waals surface area contributed by atoms with Gasteiger partial charge in [-0.05, 0) is 37.5 Å². The average Bonchev–Trinajstić information content (AvgIpc) is 2.44. The van der Waals surface area contributed by atoms with Gasteiger partial charge in [0.25, 0.3) is 0 Å². The molecule has 0 aliphatic carbocycles. The van der Waals surface area contributed by atoms with Gasteiger partial charge in [-0.25, -0.2) is 4.79 Å². The Morgan fingerprint density at radius 3 is 2.67 bits per heavy atom. The van der Waals surface area contributed by atoms with Gasteiger partial charge in [0, 0.05) is 18.1 Å².